The second kappa shape index (κ2) is 6.10. The van der Waals surface area contributed by atoms with Crippen LogP contribution in [0.1, 0.15) is 41.6 Å². The quantitative estimate of drug-likeness (QED) is 0.828. The molecule has 24 heavy (non-hydrogen) atoms. The third-order valence-electron chi connectivity index (χ3n) is 5.58. The van der Waals surface area contributed by atoms with E-state index in [2.05, 4.69) is 4.90 Å². The SMILES string of the molecule is Cc1ccccc1C(=O)N1CCSC12CCN(C(=O)C1CC1)CC2. The average Bonchev–Trinajstić information content (AvgIpc) is 3.37. The second-order valence-electron chi connectivity index (χ2n) is 7.17. The summed E-state index contributed by atoms with van der Waals surface area (Å²) in [5.41, 5.74) is 1.85. The Labute approximate surface area is 147 Å². The van der Waals surface area contributed by atoms with Crippen LogP contribution in [0.25, 0.3) is 0 Å². The van der Waals surface area contributed by atoms with Gasteiger partial charge in [-0.1, -0.05) is 18.2 Å². The Morgan fingerprint density at radius 3 is 2.50 bits per heavy atom. The molecular formula is C19H24N2O2S. The molecule has 0 atom stereocenters. The van der Waals surface area contributed by atoms with Gasteiger partial charge >= 0.3 is 0 Å². The van der Waals surface area contributed by atoms with Crippen LogP contribution in [0.2, 0.25) is 0 Å². The van der Waals surface area contributed by atoms with E-state index in [9.17, 15) is 9.59 Å². The molecule has 0 aromatic heterocycles. The number of carbonyl (C=O) groups is 2. The van der Waals surface area contributed by atoms with E-state index in [0.717, 1.165) is 62.2 Å². The fourth-order valence-electron chi connectivity index (χ4n) is 3.93. The number of thioether (sulfide) groups is 1. The van der Waals surface area contributed by atoms with Gasteiger partial charge in [0.25, 0.3) is 5.91 Å². The van der Waals surface area contributed by atoms with Gasteiger partial charge in [-0.3, -0.25) is 9.59 Å². The van der Waals surface area contributed by atoms with E-state index in [1.807, 2.05) is 47.9 Å². The van der Waals surface area contributed by atoms with Crippen LogP contribution in [0.5, 0.6) is 0 Å². The highest BCUT2D eigenvalue weighted by Gasteiger charge is 2.48. The van der Waals surface area contributed by atoms with E-state index in [4.69, 9.17) is 0 Å². The number of likely N-dealkylation sites (tertiary alicyclic amines) is 1. The number of carbonyl (C=O) groups excluding carboxylic acids is 2. The van der Waals surface area contributed by atoms with Crippen molar-refractivity contribution in [3.8, 4) is 0 Å². The molecular weight excluding hydrogens is 320 g/mol. The first-order chi connectivity index (χ1) is 11.6. The topological polar surface area (TPSA) is 40.6 Å². The van der Waals surface area contributed by atoms with Crippen molar-refractivity contribution in [2.45, 2.75) is 37.5 Å². The maximum absolute atomic E-state index is 13.1. The molecule has 3 aliphatic rings. The molecule has 5 heteroatoms. The lowest BCUT2D eigenvalue weighted by atomic mass is 9.99. The van der Waals surface area contributed by atoms with Gasteiger partial charge in [-0.15, -0.1) is 11.8 Å². The zero-order valence-corrected chi connectivity index (χ0v) is 15.0. The Kier molecular flexibility index (Phi) is 4.07. The summed E-state index contributed by atoms with van der Waals surface area (Å²) in [6.45, 7) is 4.40. The van der Waals surface area contributed by atoms with Gasteiger partial charge in [0, 0.05) is 36.9 Å². The summed E-state index contributed by atoms with van der Waals surface area (Å²) >= 11 is 1.91. The van der Waals surface area contributed by atoms with E-state index < -0.39 is 0 Å². The summed E-state index contributed by atoms with van der Waals surface area (Å²) in [6, 6.07) is 7.84. The molecule has 1 saturated carbocycles. The van der Waals surface area contributed by atoms with Gasteiger partial charge < -0.3 is 9.80 Å². The number of rotatable bonds is 2. The van der Waals surface area contributed by atoms with Crippen LogP contribution in [0, 0.1) is 12.8 Å². The van der Waals surface area contributed by atoms with Crippen LogP contribution in [-0.2, 0) is 4.79 Å². The van der Waals surface area contributed by atoms with Gasteiger partial charge in [-0.2, -0.15) is 0 Å². The molecule has 0 radical (unpaired) electrons. The highest BCUT2D eigenvalue weighted by Crippen LogP contribution is 2.45. The Hall–Kier alpha value is -1.49. The van der Waals surface area contributed by atoms with Gasteiger partial charge in [0.05, 0.1) is 4.87 Å². The minimum Gasteiger partial charge on any atom is -0.342 e. The van der Waals surface area contributed by atoms with Crippen LogP contribution in [0.15, 0.2) is 24.3 Å². The lowest BCUT2D eigenvalue weighted by Gasteiger charge is -2.44. The van der Waals surface area contributed by atoms with Gasteiger partial charge in [0.2, 0.25) is 5.91 Å². The molecule has 2 heterocycles. The Balaban J connectivity index is 1.50. The van der Waals surface area contributed by atoms with Crippen molar-refractivity contribution in [3.05, 3.63) is 35.4 Å². The van der Waals surface area contributed by atoms with Crippen molar-refractivity contribution < 1.29 is 9.59 Å². The van der Waals surface area contributed by atoms with Crippen LogP contribution >= 0.6 is 11.8 Å². The second-order valence-corrected chi connectivity index (χ2v) is 8.62. The summed E-state index contributed by atoms with van der Waals surface area (Å²) in [4.78, 5) is 29.4. The van der Waals surface area contributed by atoms with Gasteiger partial charge in [0.15, 0.2) is 0 Å². The molecule has 0 unspecified atom stereocenters. The lowest BCUT2D eigenvalue weighted by Crippen LogP contribution is -2.54. The normalized spacial score (nSPS) is 22.9. The summed E-state index contributed by atoms with van der Waals surface area (Å²) in [5.74, 6) is 1.78. The predicted octanol–water partition coefficient (Wildman–Crippen LogP) is 2.91. The van der Waals surface area contributed by atoms with Crippen molar-refractivity contribution in [1.29, 1.82) is 0 Å². The van der Waals surface area contributed by atoms with Crippen LogP contribution in [0.3, 0.4) is 0 Å². The largest absolute Gasteiger partial charge is 0.342 e. The molecule has 3 fully saturated rings. The summed E-state index contributed by atoms with van der Waals surface area (Å²) < 4.78 is 0. The maximum atomic E-state index is 13.1. The highest BCUT2D eigenvalue weighted by atomic mass is 32.2. The molecule has 4 rings (SSSR count). The van der Waals surface area contributed by atoms with Crippen LogP contribution in [0.4, 0.5) is 0 Å². The molecule has 0 N–H and O–H groups in total. The van der Waals surface area contributed by atoms with Crippen molar-refractivity contribution in [2.24, 2.45) is 5.92 Å². The fourth-order valence-corrected chi connectivity index (χ4v) is 5.39. The first-order valence-electron chi connectivity index (χ1n) is 8.91. The van der Waals surface area contributed by atoms with E-state index in [1.54, 1.807) is 0 Å². The van der Waals surface area contributed by atoms with Gasteiger partial charge in [-0.25, -0.2) is 0 Å². The molecule has 4 nitrogen and oxygen atoms in total. The number of amides is 2. The summed E-state index contributed by atoms with van der Waals surface area (Å²) in [5, 5.41) is 0. The number of piperidine rings is 1. The van der Waals surface area contributed by atoms with E-state index in [0.29, 0.717) is 11.8 Å². The van der Waals surface area contributed by atoms with E-state index in [-0.39, 0.29) is 10.8 Å². The molecule has 1 aromatic rings. The third-order valence-corrected chi connectivity index (χ3v) is 7.13. The van der Waals surface area contributed by atoms with Crippen molar-refractivity contribution in [1.82, 2.24) is 9.80 Å². The Bertz CT molecular complexity index is 663. The molecule has 2 saturated heterocycles. The monoisotopic (exact) mass is 344 g/mol. The first kappa shape index (κ1) is 16.0. The van der Waals surface area contributed by atoms with E-state index >= 15 is 0 Å². The Morgan fingerprint density at radius 2 is 1.83 bits per heavy atom. The average molecular weight is 344 g/mol. The molecule has 0 bridgehead atoms. The predicted molar refractivity (Wildman–Crippen MR) is 95.9 cm³/mol. The zero-order valence-electron chi connectivity index (χ0n) is 14.2. The first-order valence-corrected chi connectivity index (χ1v) is 9.90. The third kappa shape index (κ3) is 2.73. The fraction of sp³-hybridized carbons (Fsp3) is 0.579. The van der Waals surface area contributed by atoms with Crippen molar-refractivity contribution in [3.63, 3.8) is 0 Å². The number of hydrogen-bond acceptors (Lipinski definition) is 3. The smallest absolute Gasteiger partial charge is 0.255 e. The minimum absolute atomic E-state index is 0.111. The molecule has 2 amide bonds. The van der Waals surface area contributed by atoms with Gasteiger partial charge in [-0.05, 0) is 44.2 Å². The lowest BCUT2D eigenvalue weighted by molar-refractivity contribution is -0.134. The summed E-state index contributed by atoms with van der Waals surface area (Å²) in [7, 11) is 0. The standard InChI is InChI=1S/C19H24N2O2S/c1-14-4-2-3-5-16(14)18(23)21-12-13-24-19(21)8-10-20(11-9-19)17(22)15-6-7-15/h2-5,15H,6-13H2,1H3. The molecule has 128 valence electrons. The van der Waals surface area contributed by atoms with Crippen molar-refractivity contribution >= 4 is 23.6 Å². The van der Waals surface area contributed by atoms with Crippen LogP contribution in [-0.4, -0.2) is 51.9 Å². The summed E-state index contributed by atoms with van der Waals surface area (Å²) in [6.07, 6.45) is 3.92. The number of aryl methyl sites for hydroxylation is 1. The molecule has 1 spiro atoms. The van der Waals surface area contributed by atoms with Crippen LogP contribution < -0.4 is 0 Å². The number of nitrogens with zero attached hydrogens (tertiary/aromatic N) is 2. The molecule has 1 aromatic carbocycles. The van der Waals surface area contributed by atoms with Crippen molar-refractivity contribution in [2.75, 3.05) is 25.4 Å². The minimum atomic E-state index is -0.111. The molecule has 2 aliphatic heterocycles. The highest BCUT2D eigenvalue weighted by molar-refractivity contribution is 8.00. The zero-order chi connectivity index (χ0) is 16.7. The number of benzene rings is 1. The van der Waals surface area contributed by atoms with Gasteiger partial charge in [0.1, 0.15) is 0 Å². The van der Waals surface area contributed by atoms with E-state index in [1.165, 1.54) is 0 Å². The number of hydrogen-bond donors (Lipinski definition) is 0. The maximum Gasteiger partial charge on any atom is 0.255 e. The molecule has 1 aliphatic carbocycles. The Morgan fingerprint density at radius 1 is 1.12 bits per heavy atom.